The van der Waals surface area contributed by atoms with E-state index in [4.69, 9.17) is 6.42 Å². The van der Waals surface area contributed by atoms with E-state index in [9.17, 15) is 18.0 Å². The molecule has 0 aliphatic carbocycles. The molecule has 0 aromatic carbocycles. The molecule has 1 atom stereocenters. The highest BCUT2D eigenvalue weighted by molar-refractivity contribution is 5.78. The molecule has 0 saturated carbocycles. The largest absolute Gasteiger partial charge is 0.405 e. The van der Waals surface area contributed by atoms with Crippen LogP contribution in [0, 0.1) is 12.3 Å². The lowest BCUT2D eigenvalue weighted by Crippen LogP contribution is -2.41. The van der Waals surface area contributed by atoms with Gasteiger partial charge in [0.1, 0.15) is 6.54 Å². The Morgan fingerprint density at radius 3 is 2.57 bits per heavy atom. The van der Waals surface area contributed by atoms with Gasteiger partial charge in [-0.3, -0.25) is 10.1 Å². The number of carbonyl (C=O) groups is 1. The third-order valence-corrected chi connectivity index (χ3v) is 1.30. The van der Waals surface area contributed by atoms with Crippen LogP contribution in [0.15, 0.2) is 0 Å². The Balaban J connectivity index is 3.63. The zero-order valence-corrected chi connectivity index (χ0v) is 7.61. The molecule has 1 amide bonds. The fraction of sp³-hybridized carbons (Fsp3) is 0.625. The van der Waals surface area contributed by atoms with E-state index in [1.54, 1.807) is 12.2 Å². The number of alkyl halides is 3. The van der Waals surface area contributed by atoms with Gasteiger partial charge in [0.15, 0.2) is 0 Å². The molecule has 0 aromatic heterocycles. The number of halogens is 3. The first-order valence-corrected chi connectivity index (χ1v) is 3.88. The van der Waals surface area contributed by atoms with E-state index in [0.717, 1.165) is 0 Å². The zero-order valence-electron chi connectivity index (χ0n) is 7.61. The molecule has 0 rings (SSSR count). The first-order chi connectivity index (χ1) is 6.35. The molecule has 0 saturated heterocycles. The second kappa shape index (κ2) is 5.50. The van der Waals surface area contributed by atoms with Gasteiger partial charge in [-0.25, -0.2) is 0 Å². The SMILES string of the molecule is C#CC(C)NCC(=O)NCC(F)(F)F. The van der Waals surface area contributed by atoms with Crippen molar-refractivity contribution in [2.45, 2.75) is 19.1 Å². The van der Waals surface area contributed by atoms with Gasteiger partial charge in [0.05, 0.1) is 12.6 Å². The maximum atomic E-state index is 11.6. The second-order valence-corrected chi connectivity index (χ2v) is 2.66. The van der Waals surface area contributed by atoms with Crippen molar-refractivity contribution in [3.05, 3.63) is 0 Å². The van der Waals surface area contributed by atoms with Gasteiger partial charge < -0.3 is 5.32 Å². The number of rotatable bonds is 4. The van der Waals surface area contributed by atoms with Crippen LogP contribution in [0.25, 0.3) is 0 Å². The predicted octanol–water partition coefficient (Wildman–Crippen LogP) is 0.276. The van der Waals surface area contributed by atoms with Gasteiger partial charge in [-0.1, -0.05) is 5.92 Å². The van der Waals surface area contributed by atoms with Gasteiger partial charge in [-0.2, -0.15) is 13.2 Å². The van der Waals surface area contributed by atoms with Crippen LogP contribution in [-0.4, -0.2) is 31.2 Å². The van der Waals surface area contributed by atoms with Crippen LogP contribution in [-0.2, 0) is 4.79 Å². The van der Waals surface area contributed by atoms with E-state index in [-0.39, 0.29) is 12.6 Å². The molecule has 0 heterocycles. The summed E-state index contributed by atoms with van der Waals surface area (Å²) in [7, 11) is 0. The minimum absolute atomic E-state index is 0.221. The van der Waals surface area contributed by atoms with Gasteiger partial charge in [0.2, 0.25) is 5.91 Å². The molecular formula is C8H11F3N2O. The number of terminal acetylenes is 1. The molecule has 0 radical (unpaired) electrons. The number of amides is 1. The van der Waals surface area contributed by atoms with E-state index in [1.807, 2.05) is 0 Å². The van der Waals surface area contributed by atoms with Crippen molar-refractivity contribution in [1.29, 1.82) is 0 Å². The Morgan fingerprint density at radius 1 is 1.57 bits per heavy atom. The van der Waals surface area contributed by atoms with Gasteiger partial charge in [0.25, 0.3) is 0 Å². The lowest BCUT2D eigenvalue weighted by molar-refractivity contribution is -0.137. The molecule has 2 N–H and O–H groups in total. The molecule has 0 aliphatic heterocycles. The summed E-state index contributed by atoms with van der Waals surface area (Å²) < 4.78 is 34.8. The maximum absolute atomic E-state index is 11.6. The summed E-state index contributed by atoms with van der Waals surface area (Å²) in [5, 5.41) is 4.26. The smallest absolute Gasteiger partial charge is 0.346 e. The third kappa shape index (κ3) is 7.43. The fourth-order valence-corrected chi connectivity index (χ4v) is 0.566. The molecule has 3 nitrogen and oxygen atoms in total. The Hall–Kier alpha value is -1.22. The van der Waals surface area contributed by atoms with Gasteiger partial charge >= 0.3 is 6.18 Å². The zero-order chi connectivity index (χ0) is 11.2. The lowest BCUT2D eigenvalue weighted by atomic mass is 10.3. The van der Waals surface area contributed by atoms with Crippen molar-refractivity contribution in [3.8, 4) is 12.3 Å². The quantitative estimate of drug-likeness (QED) is 0.651. The molecular weight excluding hydrogens is 197 g/mol. The molecule has 0 bridgehead atoms. The van der Waals surface area contributed by atoms with Crippen molar-refractivity contribution in [3.63, 3.8) is 0 Å². The molecule has 1 unspecified atom stereocenters. The maximum Gasteiger partial charge on any atom is 0.405 e. The first-order valence-electron chi connectivity index (χ1n) is 3.88. The van der Waals surface area contributed by atoms with Crippen LogP contribution in [0.3, 0.4) is 0 Å². The highest BCUT2D eigenvalue weighted by Gasteiger charge is 2.27. The topological polar surface area (TPSA) is 41.1 Å². The first kappa shape index (κ1) is 12.8. The van der Waals surface area contributed by atoms with Crippen LogP contribution in [0.1, 0.15) is 6.92 Å². The average molecular weight is 208 g/mol. The summed E-state index contributed by atoms with van der Waals surface area (Å²) >= 11 is 0. The summed E-state index contributed by atoms with van der Waals surface area (Å²) in [6, 6.07) is -0.341. The Kier molecular flexibility index (Phi) is 5.02. The van der Waals surface area contributed by atoms with Gasteiger partial charge in [-0.05, 0) is 6.92 Å². The second-order valence-electron chi connectivity index (χ2n) is 2.66. The lowest BCUT2D eigenvalue weighted by Gasteiger charge is -2.10. The molecule has 0 aromatic rings. The molecule has 0 spiro atoms. The Morgan fingerprint density at radius 2 is 2.14 bits per heavy atom. The van der Waals surface area contributed by atoms with Crippen LogP contribution < -0.4 is 10.6 Å². The van der Waals surface area contributed by atoms with Crippen molar-refractivity contribution in [2.75, 3.05) is 13.1 Å². The van der Waals surface area contributed by atoms with Crippen LogP contribution in [0.4, 0.5) is 13.2 Å². The number of nitrogens with one attached hydrogen (secondary N) is 2. The summed E-state index contributed by atoms with van der Waals surface area (Å²) in [6.07, 6.45) is 0.596. The third-order valence-electron chi connectivity index (χ3n) is 1.30. The van der Waals surface area contributed by atoms with E-state index >= 15 is 0 Å². The van der Waals surface area contributed by atoms with Crippen LogP contribution in [0.2, 0.25) is 0 Å². The molecule has 0 aliphatic rings. The number of hydrogen-bond acceptors (Lipinski definition) is 2. The normalized spacial score (nSPS) is 13.1. The summed E-state index contributed by atoms with van der Waals surface area (Å²) in [6.45, 7) is 0.0798. The average Bonchev–Trinajstić information content (AvgIpc) is 2.09. The van der Waals surface area contributed by atoms with E-state index in [1.165, 1.54) is 0 Å². The van der Waals surface area contributed by atoms with Crippen LogP contribution >= 0.6 is 0 Å². The van der Waals surface area contributed by atoms with Crippen molar-refractivity contribution < 1.29 is 18.0 Å². The number of hydrogen-bond donors (Lipinski definition) is 2. The monoisotopic (exact) mass is 208 g/mol. The van der Waals surface area contributed by atoms with Crippen molar-refractivity contribution in [1.82, 2.24) is 10.6 Å². The Labute approximate surface area is 80.1 Å². The van der Waals surface area contributed by atoms with E-state index in [0.29, 0.717) is 0 Å². The summed E-state index contributed by atoms with van der Waals surface area (Å²) in [4.78, 5) is 10.8. The minimum atomic E-state index is -4.38. The standard InChI is InChI=1S/C8H11F3N2O/c1-3-6(2)12-4-7(14)13-5-8(9,10)11/h1,6,12H,4-5H2,2H3,(H,13,14). The van der Waals surface area contributed by atoms with E-state index in [2.05, 4.69) is 11.2 Å². The highest BCUT2D eigenvalue weighted by atomic mass is 19.4. The van der Waals surface area contributed by atoms with Crippen molar-refractivity contribution in [2.24, 2.45) is 0 Å². The minimum Gasteiger partial charge on any atom is -0.346 e. The van der Waals surface area contributed by atoms with Crippen LogP contribution in [0.5, 0.6) is 0 Å². The summed E-state index contributed by atoms with van der Waals surface area (Å²) in [5.74, 6) is 1.55. The molecule has 80 valence electrons. The number of carbonyl (C=O) groups excluding carboxylic acids is 1. The van der Waals surface area contributed by atoms with E-state index < -0.39 is 18.6 Å². The summed E-state index contributed by atoms with van der Waals surface area (Å²) in [5.41, 5.74) is 0. The Bertz CT molecular complexity index is 232. The van der Waals surface area contributed by atoms with Crippen molar-refractivity contribution >= 4 is 5.91 Å². The highest BCUT2D eigenvalue weighted by Crippen LogP contribution is 2.11. The molecule has 6 heteroatoms. The predicted molar refractivity (Wildman–Crippen MR) is 45.4 cm³/mol. The molecule has 0 fully saturated rings. The fourth-order valence-electron chi connectivity index (χ4n) is 0.566. The molecule has 14 heavy (non-hydrogen) atoms. The van der Waals surface area contributed by atoms with Gasteiger partial charge in [0, 0.05) is 0 Å². The van der Waals surface area contributed by atoms with Gasteiger partial charge in [-0.15, -0.1) is 6.42 Å².